The summed E-state index contributed by atoms with van der Waals surface area (Å²) in [6.45, 7) is 6.36. The molecule has 184 valence electrons. The van der Waals surface area contributed by atoms with Crippen molar-refractivity contribution < 1.29 is 25.9 Å². The molecule has 1 heterocycles. The summed E-state index contributed by atoms with van der Waals surface area (Å²) in [6, 6.07) is 2.18. The van der Waals surface area contributed by atoms with Crippen LogP contribution in [0.3, 0.4) is 0 Å². The van der Waals surface area contributed by atoms with Gasteiger partial charge in [-0.05, 0) is 13.0 Å². The zero-order chi connectivity index (χ0) is 24.8. The molecular formula is C20H30N4O7S2. The molecule has 0 amide bonds. The minimum Gasteiger partial charge on any atom is -0.367 e. The summed E-state index contributed by atoms with van der Waals surface area (Å²) >= 11 is 0. The van der Waals surface area contributed by atoms with E-state index in [0.717, 1.165) is 24.9 Å². The minimum absolute atomic E-state index is 0.0273. The maximum absolute atomic E-state index is 13.7. The molecule has 0 spiro atoms. The Morgan fingerprint density at radius 1 is 1.15 bits per heavy atom. The van der Waals surface area contributed by atoms with Crippen molar-refractivity contribution in [2.24, 2.45) is 0 Å². The van der Waals surface area contributed by atoms with Gasteiger partial charge in [-0.3, -0.25) is 14.3 Å². The molecule has 1 aliphatic rings. The van der Waals surface area contributed by atoms with Crippen LogP contribution in [0.5, 0.6) is 0 Å². The van der Waals surface area contributed by atoms with Crippen LogP contribution in [0, 0.1) is 22.5 Å². The fraction of sp³-hybridized carbons (Fsp3) is 0.600. The summed E-state index contributed by atoms with van der Waals surface area (Å²) in [4.78, 5) is 14.3. The van der Waals surface area contributed by atoms with Crippen LogP contribution >= 0.6 is 0 Å². The standard InChI is InChI=1S/C20H30N4O7S2/c1-5-8-22(13-14-31-32(4,27)28)20-17(6-2)15-18(24(25)26)16-19(20)33(29,30)23-11-9-21(7-3)10-12-23/h2,15-16H,5,7-14H2,1,3-4H3. The molecule has 0 atom stereocenters. The monoisotopic (exact) mass is 502 g/mol. The second-order valence-corrected chi connectivity index (χ2v) is 11.1. The Labute approximate surface area is 195 Å². The summed E-state index contributed by atoms with van der Waals surface area (Å²) in [5.74, 6) is 2.37. The first kappa shape index (κ1) is 27.0. The van der Waals surface area contributed by atoms with Crippen molar-refractivity contribution >= 4 is 31.5 Å². The van der Waals surface area contributed by atoms with Gasteiger partial charge in [-0.25, -0.2) is 8.42 Å². The van der Waals surface area contributed by atoms with Crippen LogP contribution in [0.2, 0.25) is 0 Å². The SMILES string of the molecule is C#Cc1cc([N+](=O)[O-])cc(S(=O)(=O)N2CCN(CC)CC2)c1N(CCC)CCOS(C)(=O)=O. The van der Waals surface area contributed by atoms with E-state index >= 15 is 0 Å². The molecule has 0 aromatic heterocycles. The lowest BCUT2D eigenvalue weighted by Gasteiger charge is -2.34. The molecular weight excluding hydrogens is 472 g/mol. The van der Waals surface area contributed by atoms with E-state index in [9.17, 15) is 26.9 Å². The molecule has 0 unspecified atom stereocenters. The number of nitro benzene ring substituents is 1. The number of sulfonamides is 1. The number of rotatable bonds is 11. The van der Waals surface area contributed by atoms with Crippen molar-refractivity contribution in [3.05, 3.63) is 27.8 Å². The first-order valence-electron chi connectivity index (χ1n) is 10.6. The highest BCUT2D eigenvalue weighted by Gasteiger charge is 2.34. The third-order valence-electron chi connectivity index (χ3n) is 5.29. The van der Waals surface area contributed by atoms with Gasteiger partial charge in [-0.15, -0.1) is 6.42 Å². The average molecular weight is 503 g/mol. The quantitative estimate of drug-likeness (QED) is 0.189. The molecule has 0 aliphatic carbocycles. The van der Waals surface area contributed by atoms with Crippen molar-refractivity contribution in [2.45, 2.75) is 25.2 Å². The van der Waals surface area contributed by atoms with Gasteiger partial charge in [0.25, 0.3) is 15.8 Å². The first-order valence-corrected chi connectivity index (χ1v) is 13.8. The van der Waals surface area contributed by atoms with Gasteiger partial charge in [0.1, 0.15) is 4.90 Å². The smallest absolute Gasteiger partial charge is 0.272 e. The molecule has 0 N–H and O–H groups in total. The Hall–Kier alpha value is -2.24. The largest absolute Gasteiger partial charge is 0.367 e. The van der Waals surface area contributed by atoms with Crippen molar-refractivity contribution in [3.63, 3.8) is 0 Å². The number of hydrogen-bond acceptors (Lipinski definition) is 9. The molecule has 2 rings (SSSR count). The summed E-state index contributed by atoms with van der Waals surface area (Å²) in [5.41, 5.74) is -0.246. The molecule has 1 aromatic rings. The fourth-order valence-corrected chi connectivity index (χ4v) is 5.71. The Morgan fingerprint density at radius 3 is 2.27 bits per heavy atom. The normalized spacial score (nSPS) is 15.8. The average Bonchev–Trinajstić information content (AvgIpc) is 2.76. The molecule has 0 radical (unpaired) electrons. The Kier molecular flexibility index (Phi) is 9.21. The highest BCUT2D eigenvalue weighted by molar-refractivity contribution is 7.89. The van der Waals surface area contributed by atoms with E-state index in [1.165, 1.54) is 4.31 Å². The number of nitrogens with zero attached hydrogens (tertiary/aromatic N) is 4. The highest BCUT2D eigenvalue weighted by atomic mass is 32.2. The van der Waals surface area contributed by atoms with Crippen molar-refractivity contribution in [1.29, 1.82) is 0 Å². The lowest BCUT2D eigenvalue weighted by molar-refractivity contribution is -0.385. The maximum Gasteiger partial charge on any atom is 0.272 e. The lowest BCUT2D eigenvalue weighted by Crippen LogP contribution is -2.48. The third-order valence-corrected chi connectivity index (χ3v) is 7.80. The number of likely N-dealkylation sites (N-methyl/N-ethyl adjacent to an activating group) is 1. The first-order chi connectivity index (χ1) is 15.4. The minimum atomic E-state index is -4.12. The van der Waals surface area contributed by atoms with Crippen LogP contribution in [0.4, 0.5) is 11.4 Å². The van der Waals surface area contributed by atoms with Crippen molar-refractivity contribution in [3.8, 4) is 12.3 Å². The van der Waals surface area contributed by atoms with E-state index in [1.807, 2.05) is 13.8 Å². The Balaban J connectivity index is 2.60. The van der Waals surface area contributed by atoms with Crippen molar-refractivity contribution in [2.75, 3.05) is 63.6 Å². The molecule has 1 fully saturated rings. The summed E-state index contributed by atoms with van der Waals surface area (Å²) in [5, 5.41) is 11.5. The van der Waals surface area contributed by atoms with Gasteiger partial charge in [0.05, 0.1) is 29.0 Å². The molecule has 0 saturated carbocycles. The summed E-state index contributed by atoms with van der Waals surface area (Å²) < 4.78 is 56.2. The second kappa shape index (κ2) is 11.3. The molecule has 0 bridgehead atoms. The van der Waals surface area contributed by atoms with Gasteiger partial charge < -0.3 is 9.80 Å². The van der Waals surface area contributed by atoms with Gasteiger partial charge in [0, 0.05) is 51.4 Å². The fourth-order valence-electron chi connectivity index (χ4n) is 3.66. The number of piperazine rings is 1. The number of benzene rings is 1. The van der Waals surface area contributed by atoms with E-state index in [2.05, 4.69) is 10.8 Å². The van der Waals surface area contributed by atoms with Crippen LogP contribution in [-0.4, -0.2) is 89.6 Å². The van der Waals surface area contributed by atoms with E-state index in [1.54, 1.807) is 4.90 Å². The van der Waals surface area contributed by atoms with Gasteiger partial charge in [0.2, 0.25) is 10.0 Å². The van der Waals surface area contributed by atoms with Crippen LogP contribution < -0.4 is 4.90 Å². The number of terminal acetylenes is 1. The van der Waals surface area contributed by atoms with Gasteiger partial charge in [0.15, 0.2) is 0 Å². The van der Waals surface area contributed by atoms with Gasteiger partial charge >= 0.3 is 0 Å². The van der Waals surface area contributed by atoms with E-state index < -0.39 is 30.8 Å². The van der Waals surface area contributed by atoms with Gasteiger partial charge in [-0.1, -0.05) is 19.8 Å². The molecule has 33 heavy (non-hydrogen) atoms. The maximum atomic E-state index is 13.7. The topological polar surface area (TPSA) is 130 Å². The summed E-state index contributed by atoms with van der Waals surface area (Å²) in [6.07, 6.45) is 7.15. The Morgan fingerprint density at radius 2 is 1.79 bits per heavy atom. The molecule has 1 aromatic carbocycles. The van der Waals surface area contributed by atoms with Crippen LogP contribution in [0.15, 0.2) is 17.0 Å². The van der Waals surface area contributed by atoms with Crippen LogP contribution in [0.25, 0.3) is 0 Å². The number of non-ortho nitro benzene ring substituents is 1. The van der Waals surface area contributed by atoms with Gasteiger partial charge in [-0.2, -0.15) is 12.7 Å². The highest BCUT2D eigenvalue weighted by Crippen LogP contribution is 2.35. The second-order valence-electron chi connectivity index (χ2n) is 7.59. The predicted octanol–water partition coefficient (Wildman–Crippen LogP) is 1.09. The number of hydrogen-bond donors (Lipinski definition) is 0. The number of anilines is 1. The molecule has 1 saturated heterocycles. The van der Waals surface area contributed by atoms with E-state index in [4.69, 9.17) is 10.6 Å². The molecule has 11 nitrogen and oxygen atoms in total. The lowest BCUT2D eigenvalue weighted by atomic mass is 10.1. The summed E-state index contributed by atoms with van der Waals surface area (Å²) in [7, 11) is -7.83. The van der Waals surface area contributed by atoms with Crippen molar-refractivity contribution in [1.82, 2.24) is 9.21 Å². The van der Waals surface area contributed by atoms with Crippen LogP contribution in [0.1, 0.15) is 25.8 Å². The predicted molar refractivity (Wildman–Crippen MR) is 125 cm³/mol. The van der Waals surface area contributed by atoms with Crippen LogP contribution in [-0.2, 0) is 24.3 Å². The Bertz CT molecular complexity index is 1110. The van der Waals surface area contributed by atoms with E-state index in [-0.39, 0.29) is 42.4 Å². The third kappa shape index (κ3) is 6.87. The molecule has 1 aliphatic heterocycles. The molecule has 13 heteroatoms. The zero-order valence-corrected chi connectivity index (χ0v) is 20.7. The number of nitro groups is 1. The zero-order valence-electron chi connectivity index (χ0n) is 19.1. The van der Waals surface area contributed by atoms with E-state index in [0.29, 0.717) is 26.1 Å².